The van der Waals surface area contributed by atoms with Crippen LogP contribution in [0.25, 0.3) is 0 Å². The Hall–Kier alpha value is -1.77. The minimum Gasteiger partial charge on any atom is -0.444 e. The predicted molar refractivity (Wildman–Crippen MR) is 93.2 cm³/mol. The fourth-order valence-electron chi connectivity index (χ4n) is 2.89. The van der Waals surface area contributed by atoms with Crippen molar-refractivity contribution in [2.75, 3.05) is 5.32 Å². The normalized spacial score (nSPS) is 20.9. The maximum Gasteiger partial charge on any atom is 0.419 e. The minimum atomic E-state index is -4.78. The van der Waals surface area contributed by atoms with Gasteiger partial charge >= 0.3 is 12.3 Å². The van der Waals surface area contributed by atoms with Crippen LogP contribution in [0.2, 0.25) is 5.15 Å². The van der Waals surface area contributed by atoms with Crippen molar-refractivity contribution < 1.29 is 27.1 Å². The number of rotatable bonds is 3. The maximum absolute atomic E-state index is 14.0. The van der Waals surface area contributed by atoms with E-state index in [0.29, 0.717) is 18.9 Å². The van der Waals surface area contributed by atoms with Crippen molar-refractivity contribution in [2.24, 2.45) is 0 Å². The number of aromatic nitrogens is 1. The maximum atomic E-state index is 14.0. The molecule has 1 fully saturated rings. The zero-order valence-electron chi connectivity index (χ0n) is 15.2. The number of halogens is 5. The van der Waals surface area contributed by atoms with Crippen LogP contribution in [-0.4, -0.2) is 28.8 Å². The van der Waals surface area contributed by atoms with Crippen LogP contribution in [0.1, 0.15) is 52.0 Å². The van der Waals surface area contributed by atoms with E-state index in [2.05, 4.69) is 15.6 Å². The van der Waals surface area contributed by atoms with E-state index in [1.54, 1.807) is 20.8 Å². The van der Waals surface area contributed by atoms with E-state index in [4.69, 9.17) is 16.3 Å². The lowest BCUT2D eigenvalue weighted by Gasteiger charge is -2.31. The first-order chi connectivity index (χ1) is 12.3. The Morgan fingerprint density at radius 3 is 2.48 bits per heavy atom. The van der Waals surface area contributed by atoms with Gasteiger partial charge in [-0.3, -0.25) is 0 Å². The van der Waals surface area contributed by atoms with E-state index in [1.807, 2.05) is 0 Å². The molecule has 5 nitrogen and oxygen atoms in total. The van der Waals surface area contributed by atoms with Gasteiger partial charge in [-0.2, -0.15) is 13.2 Å². The Morgan fingerprint density at radius 2 is 1.89 bits per heavy atom. The van der Waals surface area contributed by atoms with Crippen LogP contribution in [0.3, 0.4) is 0 Å². The first kappa shape index (κ1) is 21.5. The first-order valence-electron chi connectivity index (χ1n) is 8.54. The second-order valence-corrected chi connectivity index (χ2v) is 7.86. The summed E-state index contributed by atoms with van der Waals surface area (Å²) < 4.78 is 57.5. The molecule has 0 spiro atoms. The lowest BCUT2D eigenvalue weighted by Crippen LogP contribution is -2.44. The Kier molecular flexibility index (Phi) is 6.44. The number of amides is 1. The fourth-order valence-corrected chi connectivity index (χ4v) is 3.13. The molecule has 0 unspecified atom stereocenters. The van der Waals surface area contributed by atoms with Gasteiger partial charge in [-0.15, -0.1) is 0 Å². The Balaban J connectivity index is 2.01. The molecule has 2 atom stereocenters. The van der Waals surface area contributed by atoms with Gasteiger partial charge in [0.1, 0.15) is 10.8 Å². The van der Waals surface area contributed by atoms with Crippen molar-refractivity contribution in [1.82, 2.24) is 10.3 Å². The van der Waals surface area contributed by atoms with E-state index < -0.39 is 34.4 Å². The van der Waals surface area contributed by atoms with Crippen LogP contribution >= 0.6 is 11.6 Å². The highest BCUT2D eigenvalue weighted by Crippen LogP contribution is 2.35. The van der Waals surface area contributed by atoms with Crippen LogP contribution in [0.15, 0.2) is 6.07 Å². The number of alkyl carbamates (subject to hydrolysis) is 1. The van der Waals surface area contributed by atoms with Crippen molar-refractivity contribution in [3.63, 3.8) is 0 Å². The molecule has 27 heavy (non-hydrogen) atoms. The lowest BCUT2D eigenvalue weighted by atomic mass is 9.91. The number of carbonyl (C=O) groups is 1. The highest BCUT2D eigenvalue weighted by Gasteiger charge is 2.35. The van der Waals surface area contributed by atoms with Gasteiger partial charge in [0.25, 0.3) is 0 Å². The number of nitrogens with zero attached hydrogens (tertiary/aromatic N) is 1. The second kappa shape index (κ2) is 8.08. The van der Waals surface area contributed by atoms with Crippen molar-refractivity contribution in [3.8, 4) is 0 Å². The van der Waals surface area contributed by atoms with Crippen LogP contribution in [-0.2, 0) is 10.9 Å². The Bertz CT molecular complexity index is 692. The molecule has 10 heteroatoms. The zero-order chi connectivity index (χ0) is 20.4. The molecule has 1 amide bonds. The molecule has 1 aromatic rings. The lowest BCUT2D eigenvalue weighted by molar-refractivity contribution is -0.137. The summed E-state index contributed by atoms with van der Waals surface area (Å²) in [5.74, 6) is -1.47. The summed E-state index contributed by atoms with van der Waals surface area (Å²) in [7, 11) is 0. The van der Waals surface area contributed by atoms with Gasteiger partial charge in [0.05, 0.1) is 5.56 Å². The molecular formula is C17H22ClF4N3O2. The van der Waals surface area contributed by atoms with Gasteiger partial charge in [-0.1, -0.05) is 11.6 Å². The molecule has 1 aliphatic rings. The third-order valence-electron chi connectivity index (χ3n) is 3.97. The van der Waals surface area contributed by atoms with Gasteiger partial charge in [0, 0.05) is 12.1 Å². The number of anilines is 1. The quantitative estimate of drug-likeness (QED) is 0.534. The van der Waals surface area contributed by atoms with Crippen molar-refractivity contribution >= 4 is 23.5 Å². The number of hydrogen-bond acceptors (Lipinski definition) is 4. The molecule has 2 N–H and O–H groups in total. The number of nitrogens with one attached hydrogen (secondary N) is 2. The van der Waals surface area contributed by atoms with Gasteiger partial charge in [-0.25, -0.2) is 14.2 Å². The van der Waals surface area contributed by atoms with E-state index in [9.17, 15) is 22.4 Å². The fraction of sp³-hybridized carbons (Fsp3) is 0.647. The van der Waals surface area contributed by atoms with E-state index in [1.165, 1.54) is 0 Å². The van der Waals surface area contributed by atoms with Crippen molar-refractivity contribution in [3.05, 3.63) is 22.6 Å². The largest absolute Gasteiger partial charge is 0.444 e. The smallest absolute Gasteiger partial charge is 0.419 e. The summed E-state index contributed by atoms with van der Waals surface area (Å²) in [5, 5.41) is 4.73. The number of pyridine rings is 1. The predicted octanol–water partition coefficient (Wildman–Crippen LogP) is 5.14. The van der Waals surface area contributed by atoms with Gasteiger partial charge < -0.3 is 15.4 Å². The molecule has 1 heterocycles. The highest BCUT2D eigenvalue weighted by molar-refractivity contribution is 6.30. The molecule has 1 saturated carbocycles. The molecule has 0 radical (unpaired) electrons. The third-order valence-corrected chi connectivity index (χ3v) is 4.26. The van der Waals surface area contributed by atoms with Gasteiger partial charge in [0.15, 0.2) is 11.6 Å². The van der Waals surface area contributed by atoms with Crippen molar-refractivity contribution in [1.29, 1.82) is 0 Å². The SMILES string of the molecule is CC(C)(C)OC(=O)N[C@H]1CCC[C@@H](Nc2nc(Cl)c(C(F)(F)F)cc2F)C1. The summed E-state index contributed by atoms with van der Waals surface area (Å²) in [6.45, 7) is 5.25. The van der Waals surface area contributed by atoms with E-state index in [0.717, 1.165) is 12.8 Å². The number of ether oxygens (including phenoxy) is 1. The minimum absolute atomic E-state index is 0.195. The number of alkyl halides is 3. The van der Waals surface area contributed by atoms with E-state index >= 15 is 0 Å². The summed E-state index contributed by atoms with van der Waals surface area (Å²) in [6.07, 6.45) is -2.74. The molecule has 1 aromatic heterocycles. The first-order valence-corrected chi connectivity index (χ1v) is 8.92. The Labute approximate surface area is 159 Å². The molecule has 1 aliphatic carbocycles. The van der Waals surface area contributed by atoms with Crippen LogP contribution < -0.4 is 10.6 Å². The standard InChI is InChI=1S/C17H22ClF4N3O2/c1-16(2,3)27-15(26)24-10-6-4-5-9(7-10)23-14-12(19)8-11(13(18)25-14)17(20,21)22/h8-10H,4-7H2,1-3H3,(H,23,25)(H,24,26)/t9-,10+/m1/s1. The van der Waals surface area contributed by atoms with Crippen LogP contribution in [0, 0.1) is 5.82 Å². The number of hydrogen-bond donors (Lipinski definition) is 2. The van der Waals surface area contributed by atoms with Gasteiger partial charge in [0.2, 0.25) is 0 Å². The molecule has 0 bridgehead atoms. The van der Waals surface area contributed by atoms with Crippen LogP contribution in [0.5, 0.6) is 0 Å². The van der Waals surface area contributed by atoms with Crippen molar-refractivity contribution in [2.45, 2.75) is 70.3 Å². The van der Waals surface area contributed by atoms with E-state index in [-0.39, 0.29) is 17.9 Å². The monoisotopic (exact) mass is 411 g/mol. The summed E-state index contributed by atoms with van der Waals surface area (Å²) in [5.41, 5.74) is -1.94. The summed E-state index contributed by atoms with van der Waals surface area (Å²) in [6, 6.07) is -0.135. The Morgan fingerprint density at radius 1 is 1.26 bits per heavy atom. The highest BCUT2D eigenvalue weighted by atomic mass is 35.5. The summed E-state index contributed by atoms with van der Waals surface area (Å²) >= 11 is 5.55. The summed E-state index contributed by atoms with van der Waals surface area (Å²) in [4.78, 5) is 15.4. The third kappa shape index (κ3) is 6.41. The van der Waals surface area contributed by atoms with Gasteiger partial charge in [-0.05, 0) is 52.5 Å². The molecule has 2 rings (SSSR count). The topological polar surface area (TPSA) is 63.2 Å². The molecule has 152 valence electrons. The average Bonchev–Trinajstić information content (AvgIpc) is 2.47. The van der Waals surface area contributed by atoms with Crippen LogP contribution in [0.4, 0.5) is 28.2 Å². The second-order valence-electron chi connectivity index (χ2n) is 7.51. The zero-order valence-corrected chi connectivity index (χ0v) is 16.0. The molecule has 0 aliphatic heterocycles. The average molecular weight is 412 g/mol. The molecule has 0 saturated heterocycles. The number of carbonyl (C=O) groups excluding carboxylic acids is 1. The molecular weight excluding hydrogens is 390 g/mol. The molecule has 0 aromatic carbocycles.